The average molecular weight is 452 g/mol. The van der Waals surface area contributed by atoms with Crippen LogP contribution in [-0.2, 0) is 14.4 Å². The fourth-order valence-electron chi connectivity index (χ4n) is 2.59. The Balaban J connectivity index is 0.00000210. The number of fused-ring (bicyclic) bond motifs is 1. The van der Waals surface area contributed by atoms with Crippen LogP contribution >= 0.6 is 24.8 Å². The molecule has 0 saturated carbocycles. The van der Waals surface area contributed by atoms with E-state index in [9.17, 15) is 0 Å². The van der Waals surface area contributed by atoms with Crippen LogP contribution in [-0.4, -0.2) is 77.9 Å². The minimum atomic E-state index is 0. The molecule has 2 aromatic heterocycles. The van der Waals surface area contributed by atoms with Gasteiger partial charge in [0.15, 0.2) is 5.82 Å². The van der Waals surface area contributed by atoms with E-state index in [1.807, 2.05) is 12.1 Å². The molecule has 0 amide bonds. The van der Waals surface area contributed by atoms with Crippen LogP contribution in [0, 0.1) is 0 Å². The number of morpholine rings is 1. The first-order valence-corrected chi connectivity index (χ1v) is 9.06. The fraction of sp³-hybridized carbons (Fsp3) is 0.588. The Bertz CT molecular complexity index is 714. The molecule has 1 saturated heterocycles. The number of halogens is 2. The molecule has 164 valence electrons. The molecule has 2 N–H and O–H groups in total. The number of ether oxygens (including phenoxy) is 1. The van der Waals surface area contributed by atoms with Crippen molar-refractivity contribution in [3.63, 3.8) is 0 Å². The highest BCUT2D eigenvalue weighted by molar-refractivity contribution is 5.86. The summed E-state index contributed by atoms with van der Waals surface area (Å²) in [5.74, 6) is 0.938. The standard InChI is InChI=1S/C17H25N5O5.2ClH/c23-8-2-10-26-22(27-11-3-9-24)17-19-14-4-1-5-18-15(14)16(20-17)21-6-12-25-13-7-21;;/h1,4-5,23-24H,2-3,6-13H2;2*1H. The summed E-state index contributed by atoms with van der Waals surface area (Å²) in [5.41, 5.74) is 1.37. The molecule has 3 heterocycles. The molecular weight excluding hydrogens is 425 g/mol. The fourth-order valence-corrected chi connectivity index (χ4v) is 2.59. The second-order valence-corrected chi connectivity index (χ2v) is 5.90. The van der Waals surface area contributed by atoms with Crippen molar-refractivity contribution in [1.82, 2.24) is 15.0 Å². The zero-order chi connectivity index (χ0) is 18.9. The summed E-state index contributed by atoms with van der Waals surface area (Å²) >= 11 is 0. The van der Waals surface area contributed by atoms with Crippen molar-refractivity contribution in [2.24, 2.45) is 0 Å². The minimum absolute atomic E-state index is 0. The Morgan fingerprint density at radius 2 is 1.69 bits per heavy atom. The Labute approximate surface area is 181 Å². The van der Waals surface area contributed by atoms with Gasteiger partial charge in [-0.2, -0.15) is 4.98 Å². The Hall–Kier alpha value is -1.53. The number of pyridine rings is 1. The highest BCUT2D eigenvalue weighted by Gasteiger charge is 2.21. The van der Waals surface area contributed by atoms with E-state index >= 15 is 0 Å². The molecule has 0 atom stereocenters. The largest absolute Gasteiger partial charge is 0.396 e. The van der Waals surface area contributed by atoms with Crippen molar-refractivity contribution >= 4 is 47.6 Å². The van der Waals surface area contributed by atoms with Crippen molar-refractivity contribution < 1.29 is 24.6 Å². The maximum Gasteiger partial charge on any atom is 0.280 e. The molecule has 29 heavy (non-hydrogen) atoms. The third-order valence-corrected chi connectivity index (χ3v) is 3.92. The summed E-state index contributed by atoms with van der Waals surface area (Å²) in [4.78, 5) is 26.8. The SMILES string of the molecule is Cl.Cl.OCCCON(OCCCO)c1nc(N2CCOCC2)c2ncccc2n1. The van der Waals surface area contributed by atoms with Crippen LogP contribution in [0.3, 0.4) is 0 Å². The summed E-state index contributed by atoms with van der Waals surface area (Å²) < 4.78 is 5.43. The number of aromatic nitrogens is 3. The lowest BCUT2D eigenvalue weighted by atomic mass is 10.3. The number of anilines is 2. The van der Waals surface area contributed by atoms with Crippen LogP contribution in [0.2, 0.25) is 0 Å². The van der Waals surface area contributed by atoms with Gasteiger partial charge in [-0.3, -0.25) is 4.98 Å². The molecule has 0 aromatic carbocycles. The zero-order valence-electron chi connectivity index (χ0n) is 16.0. The number of aliphatic hydroxyl groups excluding tert-OH is 2. The molecule has 1 aliphatic rings. The lowest BCUT2D eigenvalue weighted by Gasteiger charge is -2.29. The Morgan fingerprint density at radius 1 is 1.03 bits per heavy atom. The van der Waals surface area contributed by atoms with Gasteiger partial charge in [0.05, 0.1) is 31.9 Å². The van der Waals surface area contributed by atoms with Gasteiger partial charge in [-0.05, 0) is 25.0 Å². The van der Waals surface area contributed by atoms with Gasteiger partial charge in [0.25, 0.3) is 5.95 Å². The molecule has 0 bridgehead atoms. The van der Waals surface area contributed by atoms with E-state index in [4.69, 9.17) is 24.6 Å². The van der Waals surface area contributed by atoms with E-state index in [0.717, 1.165) is 5.23 Å². The van der Waals surface area contributed by atoms with E-state index in [2.05, 4.69) is 19.9 Å². The van der Waals surface area contributed by atoms with E-state index in [1.165, 1.54) is 0 Å². The highest BCUT2D eigenvalue weighted by Crippen LogP contribution is 2.26. The van der Waals surface area contributed by atoms with E-state index in [-0.39, 0.29) is 57.2 Å². The molecule has 1 aliphatic heterocycles. The molecule has 0 radical (unpaired) electrons. The number of rotatable bonds is 10. The van der Waals surface area contributed by atoms with Crippen LogP contribution in [0.25, 0.3) is 11.0 Å². The Morgan fingerprint density at radius 3 is 2.31 bits per heavy atom. The van der Waals surface area contributed by atoms with E-state index in [0.29, 0.717) is 56.0 Å². The number of aliphatic hydroxyl groups is 2. The molecule has 0 aliphatic carbocycles. The lowest BCUT2D eigenvalue weighted by molar-refractivity contribution is -0.0970. The average Bonchev–Trinajstić information content (AvgIpc) is 2.72. The van der Waals surface area contributed by atoms with Crippen LogP contribution < -0.4 is 10.1 Å². The quantitative estimate of drug-likeness (QED) is 0.402. The van der Waals surface area contributed by atoms with Gasteiger partial charge in [0.2, 0.25) is 0 Å². The van der Waals surface area contributed by atoms with Gasteiger partial charge in [-0.25, -0.2) is 14.7 Å². The number of hydrogen-bond donors (Lipinski definition) is 2. The van der Waals surface area contributed by atoms with Crippen LogP contribution in [0.15, 0.2) is 18.3 Å². The Kier molecular flexibility index (Phi) is 12.0. The summed E-state index contributed by atoms with van der Waals surface area (Å²) in [7, 11) is 0. The van der Waals surface area contributed by atoms with Crippen LogP contribution in [0.4, 0.5) is 11.8 Å². The van der Waals surface area contributed by atoms with Crippen molar-refractivity contribution in [1.29, 1.82) is 0 Å². The van der Waals surface area contributed by atoms with Gasteiger partial charge in [-0.15, -0.1) is 24.8 Å². The first kappa shape index (κ1) is 25.5. The van der Waals surface area contributed by atoms with E-state index < -0.39 is 0 Å². The third kappa shape index (κ3) is 7.03. The summed E-state index contributed by atoms with van der Waals surface area (Å²) in [6, 6.07) is 3.67. The van der Waals surface area contributed by atoms with Crippen LogP contribution in [0.1, 0.15) is 12.8 Å². The number of nitrogens with zero attached hydrogens (tertiary/aromatic N) is 5. The van der Waals surface area contributed by atoms with Gasteiger partial charge in [-0.1, -0.05) is 5.23 Å². The molecule has 2 aromatic rings. The topological polar surface area (TPSA) is 113 Å². The van der Waals surface area contributed by atoms with Gasteiger partial charge >= 0.3 is 0 Å². The smallest absolute Gasteiger partial charge is 0.280 e. The highest BCUT2D eigenvalue weighted by atomic mass is 35.5. The predicted molar refractivity (Wildman–Crippen MR) is 113 cm³/mol. The minimum Gasteiger partial charge on any atom is -0.396 e. The van der Waals surface area contributed by atoms with Crippen LogP contribution in [0.5, 0.6) is 0 Å². The third-order valence-electron chi connectivity index (χ3n) is 3.92. The van der Waals surface area contributed by atoms with Crippen molar-refractivity contribution in [2.45, 2.75) is 12.8 Å². The first-order valence-electron chi connectivity index (χ1n) is 9.06. The van der Waals surface area contributed by atoms with Crippen molar-refractivity contribution in [3.05, 3.63) is 18.3 Å². The lowest BCUT2D eigenvalue weighted by Crippen LogP contribution is -2.37. The number of hydrogen-bond acceptors (Lipinski definition) is 10. The first-order chi connectivity index (χ1) is 13.3. The zero-order valence-corrected chi connectivity index (χ0v) is 17.6. The maximum atomic E-state index is 8.99. The molecule has 0 unspecified atom stereocenters. The molecular formula is C17H27Cl2N5O5. The monoisotopic (exact) mass is 451 g/mol. The van der Waals surface area contributed by atoms with Gasteiger partial charge in [0.1, 0.15) is 5.52 Å². The normalized spacial score (nSPS) is 13.7. The van der Waals surface area contributed by atoms with Gasteiger partial charge in [0, 0.05) is 32.5 Å². The van der Waals surface area contributed by atoms with Crippen molar-refractivity contribution in [2.75, 3.05) is 62.9 Å². The van der Waals surface area contributed by atoms with E-state index in [1.54, 1.807) is 6.20 Å². The summed E-state index contributed by atoms with van der Waals surface area (Å²) in [6.07, 6.45) is 2.61. The maximum absolute atomic E-state index is 8.99. The molecule has 12 heteroatoms. The van der Waals surface area contributed by atoms with Gasteiger partial charge < -0.3 is 19.8 Å². The predicted octanol–water partition coefficient (Wildman–Crippen LogP) is 1.14. The second-order valence-electron chi connectivity index (χ2n) is 5.90. The molecule has 1 fully saturated rings. The van der Waals surface area contributed by atoms with Crippen molar-refractivity contribution in [3.8, 4) is 0 Å². The molecule has 0 spiro atoms. The second kappa shape index (κ2) is 13.6. The summed E-state index contributed by atoms with van der Waals surface area (Å²) in [5, 5.41) is 19.1. The molecule has 3 rings (SSSR count). The summed E-state index contributed by atoms with van der Waals surface area (Å²) in [6.45, 7) is 3.17. The molecule has 10 nitrogen and oxygen atoms in total.